The Kier molecular flexibility index (Phi) is 3.65. The van der Waals surface area contributed by atoms with E-state index in [1.54, 1.807) is 50.4 Å². The molecule has 7 heteroatoms. The third kappa shape index (κ3) is 2.83. The van der Waals surface area contributed by atoms with E-state index in [0.717, 1.165) is 16.7 Å². The normalized spacial score (nSPS) is 15.5. The minimum Gasteiger partial charge on any atom is -0.507 e. The summed E-state index contributed by atoms with van der Waals surface area (Å²) < 4.78 is 27.5. The van der Waals surface area contributed by atoms with Crippen LogP contribution in [0.1, 0.15) is 22.3 Å². The summed E-state index contributed by atoms with van der Waals surface area (Å²) in [6, 6.07) is 10.2. The van der Waals surface area contributed by atoms with Gasteiger partial charge in [-0.05, 0) is 54.8 Å². The lowest BCUT2D eigenvalue weighted by atomic mass is 10.1. The highest BCUT2D eigenvalue weighted by Gasteiger charge is 2.28. The Morgan fingerprint density at radius 2 is 1.83 bits per heavy atom. The van der Waals surface area contributed by atoms with Crippen molar-refractivity contribution in [1.82, 2.24) is 5.43 Å². The van der Waals surface area contributed by atoms with Crippen molar-refractivity contribution in [3.63, 3.8) is 0 Å². The second kappa shape index (κ2) is 5.51. The molecular weight excluding hydrogens is 314 g/mol. The molecule has 118 valence electrons. The molecule has 2 aromatic rings. The van der Waals surface area contributed by atoms with Crippen molar-refractivity contribution in [1.29, 1.82) is 0 Å². The van der Waals surface area contributed by atoms with Gasteiger partial charge in [0.2, 0.25) is 0 Å². The SMILES string of the molecule is Cc1cc(/C=N/NC2=NS(=O)(=O)c3ccccc32)cc(C)c1O. The molecular formula is C16H15N3O3S. The van der Waals surface area contributed by atoms with Crippen LogP contribution in [-0.4, -0.2) is 25.6 Å². The Bertz CT molecular complexity index is 924. The van der Waals surface area contributed by atoms with Crippen LogP contribution in [0.4, 0.5) is 0 Å². The van der Waals surface area contributed by atoms with Crippen LogP contribution in [0.3, 0.4) is 0 Å². The molecule has 0 spiro atoms. The van der Waals surface area contributed by atoms with Crippen molar-refractivity contribution < 1.29 is 13.5 Å². The van der Waals surface area contributed by atoms with E-state index in [9.17, 15) is 13.5 Å². The molecule has 0 amide bonds. The number of hydrazone groups is 1. The second-order valence-electron chi connectivity index (χ2n) is 5.28. The van der Waals surface area contributed by atoms with E-state index in [2.05, 4.69) is 14.9 Å². The molecule has 1 aliphatic heterocycles. The number of aromatic hydroxyl groups is 1. The smallest absolute Gasteiger partial charge is 0.285 e. The van der Waals surface area contributed by atoms with Gasteiger partial charge in [-0.2, -0.15) is 13.5 Å². The number of nitrogens with zero attached hydrogens (tertiary/aromatic N) is 2. The van der Waals surface area contributed by atoms with Gasteiger partial charge in [0.1, 0.15) is 10.6 Å². The highest BCUT2D eigenvalue weighted by Crippen LogP contribution is 2.25. The Morgan fingerprint density at radius 3 is 2.52 bits per heavy atom. The Labute approximate surface area is 134 Å². The summed E-state index contributed by atoms with van der Waals surface area (Å²) >= 11 is 0. The second-order valence-corrected chi connectivity index (χ2v) is 6.86. The highest BCUT2D eigenvalue weighted by atomic mass is 32.2. The molecule has 0 saturated carbocycles. The topological polar surface area (TPSA) is 91.1 Å². The lowest BCUT2D eigenvalue weighted by Crippen LogP contribution is -2.17. The Morgan fingerprint density at radius 1 is 1.17 bits per heavy atom. The van der Waals surface area contributed by atoms with Crippen LogP contribution in [0.15, 0.2) is 50.8 Å². The van der Waals surface area contributed by atoms with Gasteiger partial charge in [0, 0.05) is 5.56 Å². The van der Waals surface area contributed by atoms with Crippen molar-refractivity contribution in [2.75, 3.05) is 0 Å². The van der Waals surface area contributed by atoms with Crippen LogP contribution >= 0.6 is 0 Å². The molecule has 6 nitrogen and oxygen atoms in total. The molecule has 0 aromatic heterocycles. The summed E-state index contributed by atoms with van der Waals surface area (Å²) in [5.41, 5.74) is 5.46. The van der Waals surface area contributed by atoms with Crippen molar-refractivity contribution in [3.8, 4) is 5.75 Å². The molecule has 23 heavy (non-hydrogen) atoms. The quantitative estimate of drug-likeness (QED) is 0.652. The molecule has 1 heterocycles. The van der Waals surface area contributed by atoms with Gasteiger partial charge in [-0.1, -0.05) is 12.1 Å². The molecule has 2 N–H and O–H groups in total. The fourth-order valence-electron chi connectivity index (χ4n) is 2.42. The highest BCUT2D eigenvalue weighted by molar-refractivity contribution is 7.90. The summed E-state index contributed by atoms with van der Waals surface area (Å²) in [4.78, 5) is 0.175. The maximum absolute atomic E-state index is 11.9. The molecule has 2 aromatic carbocycles. The number of amidine groups is 1. The lowest BCUT2D eigenvalue weighted by molar-refractivity contribution is 0.467. The molecule has 0 bridgehead atoms. The first-order valence-corrected chi connectivity index (χ1v) is 8.36. The molecule has 0 fully saturated rings. The fourth-order valence-corrected chi connectivity index (χ4v) is 3.59. The number of phenols is 1. The third-order valence-corrected chi connectivity index (χ3v) is 4.86. The van der Waals surface area contributed by atoms with Gasteiger partial charge in [-0.3, -0.25) is 5.43 Å². The van der Waals surface area contributed by atoms with Gasteiger partial charge < -0.3 is 5.11 Å². The summed E-state index contributed by atoms with van der Waals surface area (Å²) in [7, 11) is -3.65. The third-order valence-electron chi connectivity index (χ3n) is 3.53. The first kappa shape index (κ1) is 15.2. The van der Waals surface area contributed by atoms with Crippen molar-refractivity contribution >= 4 is 22.1 Å². The molecule has 0 unspecified atom stereocenters. The number of hydrogen-bond acceptors (Lipinski definition) is 5. The Hall–Kier alpha value is -2.67. The molecule has 0 saturated heterocycles. The Balaban J connectivity index is 1.85. The number of benzene rings is 2. The maximum Gasteiger partial charge on any atom is 0.285 e. The van der Waals surface area contributed by atoms with Gasteiger partial charge in [0.05, 0.1) is 6.21 Å². The van der Waals surface area contributed by atoms with E-state index in [-0.39, 0.29) is 16.5 Å². The van der Waals surface area contributed by atoms with Gasteiger partial charge in [0.25, 0.3) is 10.0 Å². The van der Waals surface area contributed by atoms with Crippen LogP contribution in [0.5, 0.6) is 5.75 Å². The molecule has 0 radical (unpaired) electrons. The summed E-state index contributed by atoms with van der Waals surface area (Å²) in [5.74, 6) is 0.458. The number of aryl methyl sites for hydroxylation is 2. The number of hydrogen-bond donors (Lipinski definition) is 2. The van der Waals surface area contributed by atoms with E-state index in [4.69, 9.17) is 0 Å². The van der Waals surface area contributed by atoms with Crippen LogP contribution in [0.2, 0.25) is 0 Å². The minimum absolute atomic E-state index is 0.175. The van der Waals surface area contributed by atoms with Gasteiger partial charge >= 0.3 is 0 Å². The summed E-state index contributed by atoms with van der Waals surface area (Å²) in [6.07, 6.45) is 1.55. The van der Waals surface area contributed by atoms with Crippen molar-refractivity contribution in [3.05, 3.63) is 58.7 Å². The van der Waals surface area contributed by atoms with Gasteiger partial charge in [0.15, 0.2) is 5.84 Å². The number of rotatable bonds is 2. The van der Waals surface area contributed by atoms with Crippen LogP contribution in [-0.2, 0) is 10.0 Å². The standard InChI is InChI=1S/C16H15N3O3S/c1-10-7-12(8-11(2)15(10)20)9-17-18-16-13-5-3-4-6-14(13)23(21,22)19-16/h3-9,20H,1-2H3,(H,18,19)/b17-9+. The van der Waals surface area contributed by atoms with Gasteiger partial charge in [-0.25, -0.2) is 0 Å². The summed E-state index contributed by atoms with van der Waals surface area (Å²) in [6.45, 7) is 3.61. The molecule has 0 aliphatic carbocycles. The number of sulfonamides is 1. The first-order chi connectivity index (χ1) is 10.9. The monoisotopic (exact) mass is 329 g/mol. The predicted molar refractivity (Wildman–Crippen MR) is 88.5 cm³/mol. The van der Waals surface area contributed by atoms with Crippen LogP contribution in [0.25, 0.3) is 0 Å². The zero-order chi connectivity index (χ0) is 16.6. The zero-order valence-electron chi connectivity index (χ0n) is 12.6. The van der Waals surface area contributed by atoms with Crippen LogP contribution in [0, 0.1) is 13.8 Å². The number of fused-ring (bicyclic) bond motifs is 1. The van der Waals surface area contributed by atoms with Gasteiger partial charge in [-0.15, -0.1) is 4.40 Å². The average molecular weight is 329 g/mol. The summed E-state index contributed by atoms with van der Waals surface area (Å²) in [5, 5.41) is 13.8. The lowest BCUT2D eigenvalue weighted by Gasteiger charge is -2.04. The maximum atomic E-state index is 11.9. The average Bonchev–Trinajstić information content (AvgIpc) is 2.76. The zero-order valence-corrected chi connectivity index (χ0v) is 13.4. The molecule has 3 rings (SSSR count). The van der Waals surface area contributed by atoms with E-state index < -0.39 is 10.0 Å². The number of nitrogens with one attached hydrogen (secondary N) is 1. The molecule has 1 aliphatic rings. The first-order valence-electron chi connectivity index (χ1n) is 6.92. The predicted octanol–water partition coefficient (Wildman–Crippen LogP) is 2.08. The van der Waals surface area contributed by atoms with E-state index in [1.807, 2.05) is 0 Å². The largest absolute Gasteiger partial charge is 0.507 e. The van der Waals surface area contributed by atoms with Crippen molar-refractivity contribution in [2.24, 2.45) is 9.50 Å². The minimum atomic E-state index is -3.65. The van der Waals surface area contributed by atoms with E-state index >= 15 is 0 Å². The fraction of sp³-hybridized carbons (Fsp3) is 0.125. The van der Waals surface area contributed by atoms with E-state index in [1.165, 1.54) is 6.07 Å². The van der Waals surface area contributed by atoms with E-state index in [0.29, 0.717) is 5.56 Å². The number of phenolic OH excluding ortho intramolecular Hbond substituents is 1. The van der Waals surface area contributed by atoms with Crippen molar-refractivity contribution in [2.45, 2.75) is 18.7 Å². The van der Waals surface area contributed by atoms with Crippen LogP contribution < -0.4 is 5.43 Å². The molecule has 0 atom stereocenters.